The first kappa shape index (κ1) is 15.4. The molecule has 0 radical (unpaired) electrons. The van der Waals surface area contributed by atoms with Gasteiger partial charge in [0, 0.05) is 39.0 Å². The molecule has 1 saturated heterocycles. The quantitative estimate of drug-likeness (QED) is 0.589. The van der Waals surface area contributed by atoms with Crippen LogP contribution in [0.1, 0.15) is 25.7 Å². The van der Waals surface area contributed by atoms with E-state index in [0.717, 1.165) is 12.8 Å². The molecular weight excluding hydrogens is 274 g/mol. The zero-order valence-electron chi connectivity index (χ0n) is 11.9. The maximum Gasteiger partial charge on any atom is 0.270 e. The van der Waals surface area contributed by atoms with Crippen molar-refractivity contribution >= 4 is 23.4 Å². The topological polar surface area (TPSA) is 117 Å². The first-order valence-electron chi connectivity index (χ1n) is 7.24. The first-order valence-corrected chi connectivity index (χ1v) is 7.24. The summed E-state index contributed by atoms with van der Waals surface area (Å²) in [5, 5.41) is 6.57. The number of nitrogens with two attached hydrogens (primary N) is 1. The van der Waals surface area contributed by atoms with E-state index in [-0.39, 0.29) is 30.1 Å². The zero-order valence-corrected chi connectivity index (χ0v) is 11.9. The summed E-state index contributed by atoms with van der Waals surface area (Å²) < 4.78 is 0. The van der Waals surface area contributed by atoms with Crippen LogP contribution in [0.5, 0.6) is 0 Å². The molecule has 0 aromatic rings. The standard InChI is InChI=1S/C13H21N5O3/c14-5-6-15-12(20)9-2-1-7-18(8-9)13(21)10-3-4-11(19)17-16-10/h9H,1-8,14H2,(H,15,20)(H,17,19). The van der Waals surface area contributed by atoms with Crippen LogP contribution < -0.4 is 16.5 Å². The van der Waals surface area contributed by atoms with Crippen molar-refractivity contribution in [3.8, 4) is 0 Å². The van der Waals surface area contributed by atoms with E-state index in [0.29, 0.717) is 38.3 Å². The zero-order chi connectivity index (χ0) is 15.2. The number of carbonyl (C=O) groups excluding carboxylic acids is 3. The second kappa shape index (κ2) is 7.16. The van der Waals surface area contributed by atoms with Crippen LogP contribution in [-0.4, -0.2) is 54.5 Å². The van der Waals surface area contributed by atoms with E-state index in [1.165, 1.54) is 0 Å². The van der Waals surface area contributed by atoms with Gasteiger partial charge in [0.15, 0.2) is 0 Å². The molecule has 4 N–H and O–H groups in total. The van der Waals surface area contributed by atoms with Crippen molar-refractivity contribution < 1.29 is 14.4 Å². The summed E-state index contributed by atoms with van der Waals surface area (Å²) in [5.41, 5.74) is 8.04. The van der Waals surface area contributed by atoms with Gasteiger partial charge in [-0.3, -0.25) is 14.4 Å². The number of piperidine rings is 1. The highest BCUT2D eigenvalue weighted by Crippen LogP contribution is 2.18. The normalized spacial score (nSPS) is 22.3. The second-order valence-corrected chi connectivity index (χ2v) is 5.26. The summed E-state index contributed by atoms with van der Waals surface area (Å²) in [6, 6.07) is 0. The highest BCUT2D eigenvalue weighted by Gasteiger charge is 2.31. The molecule has 0 spiro atoms. The third kappa shape index (κ3) is 4.01. The van der Waals surface area contributed by atoms with E-state index in [9.17, 15) is 14.4 Å². The molecule has 1 unspecified atom stereocenters. The molecule has 0 aromatic carbocycles. The lowest BCUT2D eigenvalue weighted by Crippen LogP contribution is -2.48. The molecule has 1 atom stereocenters. The molecule has 2 heterocycles. The molecule has 21 heavy (non-hydrogen) atoms. The van der Waals surface area contributed by atoms with Crippen LogP contribution in [0.2, 0.25) is 0 Å². The lowest BCUT2D eigenvalue weighted by atomic mass is 9.96. The Hall–Kier alpha value is -1.96. The number of hydrogen-bond acceptors (Lipinski definition) is 5. The largest absolute Gasteiger partial charge is 0.355 e. The summed E-state index contributed by atoms with van der Waals surface area (Å²) in [4.78, 5) is 37.0. The number of amides is 3. The summed E-state index contributed by atoms with van der Waals surface area (Å²) in [6.45, 7) is 1.86. The molecule has 0 aliphatic carbocycles. The molecule has 0 saturated carbocycles. The fourth-order valence-corrected chi connectivity index (χ4v) is 2.53. The fraction of sp³-hybridized carbons (Fsp3) is 0.692. The number of likely N-dealkylation sites (tertiary alicyclic amines) is 1. The predicted molar refractivity (Wildman–Crippen MR) is 76.2 cm³/mol. The SMILES string of the molecule is NCCNC(=O)C1CCCN(C(=O)C2=NNC(=O)CC2)C1. The average molecular weight is 295 g/mol. The molecule has 8 nitrogen and oxygen atoms in total. The summed E-state index contributed by atoms with van der Waals surface area (Å²) in [5.74, 6) is -0.625. The van der Waals surface area contributed by atoms with Gasteiger partial charge in [0.25, 0.3) is 5.91 Å². The third-order valence-electron chi connectivity index (χ3n) is 3.67. The minimum atomic E-state index is -0.201. The van der Waals surface area contributed by atoms with E-state index < -0.39 is 0 Å². The van der Waals surface area contributed by atoms with Crippen molar-refractivity contribution in [2.75, 3.05) is 26.2 Å². The Morgan fingerprint density at radius 1 is 1.43 bits per heavy atom. The van der Waals surface area contributed by atoms with Gasteiger partial charge in [0.2, 0.25) is 11.8 Å². The number of rotatable bonds is 4. The van der Waals surface area contributed by atoms with Crippen molar-refractivity contribution in [2.45, 2.75) is 25.7 Å². The predicted octanol–water partition coefficient (Wildman–Crippen LogP) is -1.43. The Bertz CT molecular complexity index is 463. The summed E-state index contributed by atoms with van der Waals surface area (Å²) in [6.07, 6.45) is 2.18. The van der Waals surface area contributed by atoms with Crippen molar-refractivity contribution in [2.24, 2.45) is 16.8 Å². The van der Waals surface area contributed by atoms with Crippen LogP contribution in [0.4, 0.5) is 0 Å². The molecule has 0 aromatic heterocycles. The van der Waals surface area contributed by atoms with Crippen molar-refractivity contribution in [3.05, 3.63) is 0 Å². The molecule has 0 bridgehead atoms. The van der Waals surface area contributed by atoms with Crippen LogP contribution >= 0.6 is 0 Å². The molecule has 116 valence electrons. The maximum absolute atomic E-state index is 12.3. The Labute approximate surface area is 123 Å². The van der Waals surface area contributed by atoms with Crippen LogP contribution in [0, 0.1) is 5.92 Å². The summed E-state index contributed by atoms with van der Waals surface area (Å²) >= 11 is 0. The highest BCUT2D eigenvalue weighted by molar-refractivity contribution is 6.39. The van der Waals surface area contributed by atoms with E-state index in [2.05, 4.69) is 15.8 Å². The number of nitrogens with zero attached hydrogens (tertiary/aromatic N) is 2. The van der Waals surface area contributed by atoms with Gasteiger partial charge in [-0.25, -0.2) is 5.43 Å². The van der Waals surface area contributed by atoms with E-state index >= 15 is 0 Å². The third-order valence-corrected chi connectivity index (χ3v) is 3.67. The molecule has 2 aliphatic heterocycles. The number of nitrogens with one attached hydrogen (secondary N) is 2. The molecule has 8 heteroatoms. The fourth-order valence-electron chi connectivity index (χ4n) is 2.53. The van der Waals surface area contributed by atoms with E-state index in [4.69, 9.17) is 5.73 Å². The average Bonchev–Trinajstić information content (AvgIpc) is 2.52. The molecule has 3 amide bonds. The summed E-state index contributed by atoms with van der Waals surface area (Å²) in [7, 11) is 0. The van der Waals surface area contributed by atoms with Crippen LogP contribution in [0.15, 0.2) is 5.10 Å². The Balaban J connectivity index is 1.92. The van der Waals surface area contributed by atoms with Crippen LogP contribution in [-0.2, 0) is 14.4 Å². The highest BCUT2D eigenvalue weighted by atomic mass is 16.2. The smallest absolute Gasteiger partial charge is 0.270 e. The van der Waals surface area contributed by atoms with Crippen molar-refractivity contribution in [3.63, 3.8) is 0 Å². The van der Waals surface area contributed by atoms with Crippen LogP contribution in [0.25, 0.3) is 0 Å². The van der Waals surface area contributed by atoms with E-state index in [1.54, 1.807) is 4.90 Å². The first-order chi connectivity index (χ1) is 10.1. The monoisotopic (exact) mass is 295 g/mol. The molecular formula is C13H21N5O3. The van der Waals surface area contributed by atoms with Gasteiger partial charge in [0.1, 0.15) is 5.71 Å². The minimum absolute atomic E-state index is 0.0585. The lowest BCUT2D eigenvalue weighted by molar-refractivity contribution is -0.131. The Kier molecular flexibility index (Phi) is 5.26. The number of hydrogen-bond donors (Lipinski definition) is 3. The van der Waals surface area contributed by atoms with Crippen molar-refractivity contribution in [1.82, 2.24) is 15.6 Å². The second-order valence-electron chi connectivity index (χ2n) is 5.26. The number of carbonyl (C=O) groups is 3. The van der Waals surface area contributed by atoms with Gasteiger partial charge in [-0.05, 0) is 12.8 Å². The Morgan fingerprint density at radius 2 is 2.24 bits per heavy atom. The number of hydrazone groups is 1. The lowest BCUT2D eigenvalue weighted by Gasteiger charge is -2.32. The van der Waals surface area contributed by atoms with Gasteiger partial charge in [-0.2, -0.15) is 5.10 Å². The van der Waals surface area contributed by atoms with E-state index in [1.807, 2.05) is 0 Å². The van der Waals surface area contributed by atoms with Gasteiger partial charge in [-0.1, -0.05) is 0 Å². The van der Waals surface area contributed by atoms with Crippen LogP contribution in [0.3, 0.4) is 0 Å². The molecule has 2 aliphatic rings. The van der Waals surface area contributed by atoms with Gasteiger partial charge >= 0.3 is 0 Å². The van der Waals surface area contributed by atoms with Gasteiger partial charge < -0.3 is 16.0 Å². The minimum Gasteiger partial charge on any atom is -0.355 e. The van der Waals surface area contributed by atoms with Gasteiger partial charge in [0.05, 0.1) is 5.92 Å². The molecule has 1 fully saturated rings. The molecule has 2 rings (SSSR count). The maximum atomic E-state index is 12.3. The van der Waals surface area contributed by atoms with Crippen molar-refractivity contribution in [1.29, 1.82) is 0 Å². The Morgan fingerprint density at radius 3 is 2.90 bits per heavy atom. The van der Waals surface area contributed by atoms with Gasteiger partial charge in [-0.15, -0.1) is 0 Å².